The summed E-state index contributed by atoms with van der Waals surface area (Å²) in [6.07, 6.45) is 8.97. The van der Waals surface area contributed by atoms with Crippen LogP contribution in [-0.2, 0) is 6.54 Å². The van der Waals surface area contributed by atoms with Gasteiger partial charge in [0.2, 0.25) is 0 Å². The number of unbranched alkanes of at least 4 members (excludes halogenated alkanes) is 1. The number of fused-ring (bicyclic) bond motifs is 1. The SMILES string of the molecule is CCCCOc1nc(N)c2nc(OC)n(CCN3CCN(C4CCCCC4)CC3)c2n1. The van der Waals surface area contributed by atoms with Crippen molar-refractivity contribution in [1.29, 1.82) is 0 Å². The van der Waals surface area contributed by atoms with Crippen molar-refractivity contribution in [2.24, 2.45) is 0 Å². The fourth-order valence-electron chi connectivity index (χ4n) is 4.75. The third-order valence-corrected chi connectivity index (χ3v) is 6.62. The number of nitrogen functional groups attached to an aromatic ring is 1. The molecular formula is C22H37N7O2. The molecule has 2 aromatic heterocycles. The lowest BCUT2D eigenvalue weighted by atomic mass is 9.94. The minimum absolute atomic E-state index is 0.309. The van der Waals surface area contributed by atoms with Gasteiger partial charge in [0.1, 0.15) is 0 Å². The van der Waals surface area contributed by atoms with Crippen LogP contribution in [0.5, 0.6) is 12.0 Å². The zero-order chi connectivity index (χ0) is 21.6. The van der Waals surface area contributed by atoms with Crippen LogP contribution in [-0.4, -0.2) is 81.8 Å². The molecule has 9 heteroatoms. The van der Waals surface area contributed by atoms with Crippen molar-refractivity contribution in [3.63, 3.8) is 0 Å². The maximum absolute atomic E-state index is 6.14. The molecule has 0 radical (unpaired) electrons. The normalized spacial score (nSPS) is 19.2. The largest absolute Gasteiger partial charge is 0.468 e. The monoisotopic (exact) mass is 431 g/mol. The molecule has 4 rings (SSSR count). The highest BCUT2D eigenvalue weighted by Crippen LogP contribution is 2.26. The average Bonchev–Trinajstić information content (AvgIpc) is 3.17. The van der Waals surface area contributed by atoms with Crippen LogP contribution < -0.4 is 15.2 Å². The molecule has 172 valence electrons. The van der Waals surface area contributed by atoms with Gasteiger partial charge in [-0.2, -0.15) is 15.0 Å². The number of ether oxygens (including phenoxy) is 2. The second-order valence-electron chi connectivity index (χ2n) is 8.69. The van der Waals surface area contributed by atoms with Crippen LogP contribution in [0, 0.1) is 0 Å². The predicted octanol–water partition coefficient (Wildman–Crippen LogP) is 2.55. The summed E-state index contributed by atoms with van der Waals surface area (Å²) in [5, 5.41) is 0. The topological polar surface area (TPSA) is 94.6 Å². The zero-order valence-electron chi connectivity index (χ0n) is 19.1. The number of nitrogens with two attached hydrogens (primary N) is 1. The predicted molar refractivity (Wildman–Crippen MR) is 122 cm³/mol. The number of rotatable bonds is 9. The standard InChI is InChI=1S/C22H37N7O2/c1-3-4-16-31-21-25-19(23)18-20(26-21)29(22(24-18)30-2)15-12-27-10-13-28(14-11-27)17-8-6-5-7-9-17/h17H,3-16H2,1-2H3,(H2,23,25,26). The Morgan fingerprint density at radius 3 is 2.48 bits per heavy atom. The summed E-state index contributed by atoms with van der Waals surface area (Å²) in [5.74, 6) is 0.328. The van der Waals surface area contributed by atoms with Crippen molar-refractivity contribution in [2.75, 3.05) is 52.2 Å². The van der Waals surface area contributed by atoms with E-state index in [2.05, 4.69) is 31.7 Å². The lowest BCUT2D eigenvalue weighted by molar-refractivity contribution is 0.0771. The maximum Gasteiger partial charge on any atom is 0.320 e. The lowest BCUT2D eigenvalue weighted by Gasteiger charge is -2.40. The van der Waals surface area contributed by atoms with Gasteiger partial charge in [-0.25, -0.2) is 0 Å². The van der Waals surface area contributed by atoms with Crippen molar-refractivity contribution < 1.29 is 9.47 Å². The average molecular weight is 432 g/mol. The smallest absolute Gasteiger partial charge is 0.320 e. The van der Waals surface area contributed by atoms with Crippen molar-refractivity contribution in [3.05, 3.63) is 0 Å². The molecule has 31 heavy (non-hydrogen) atoms. The Kier molecular flexibility index (Phi) is 7.45. The molecule has 1 aliphatic heterocycles. The molecule has 0 aromatic carbocycles. The highest BCUT2D eigenvalue weighted by molar-refractivity contribution is 5.83. The molecule has 0 unspecified atom stereocenters. The van der Waals surface area contributed by atoms with E-state index in [9.17, 15) is 0 Å². The van der Waals surface area contributed by atoms with E-state index in [1.54, 1.807) is 7.11 Å². The van der Waals surface area contributed by atoms with Crippen molar-refractivity contribution in [3.8, 4) is 12.0 Å². The molecule has 1 saturated heterocycles. The first-order valence-electron chi connectivity index (χ1n) is 11.9. The molecular weight excluding hydrogens is 394 g/mol. The van der Waals surface area contributed by atoms with Crippen LogP contribution in [0.15, 0.2) is 0 Å². The summed E-state index contributed by atoms with van der Waals surface area (Å²) >= 11 is 0. The highest BCUT2D eigenvalue weighted by atomic mass is 16.5. The minimum atomic E-state index is 0.309. The first-order valence-corrected chi connectivity index (χ1v) is 11.9. The Morgan fingerprint density at radius 1 is 1.00 bits per heavy atom. The molecule has 0 atom stereocenters. The molecule has 2 fully saturated rings. The molecule has 0 spiro atoms. The van der Waals surface area contributed by atoms with E-state index in [0.29, 0.717) is 35.6 Å². The van der Waals surface area contributed by atoms with E-state index in [1.807, 2.05) is 4.57 Å². The molecule has 1 saturated carbocycles. The van der Waals surface area contributed by atoms with Gasteiger partial charge in [-0.15, -0.1) is 0 Å². The van der Waals surface area contributed by atoms with Gasteiger partial charge in [0.25, 0.3) is 6.01 Å². The number of piperazine rings is 1. The lowest BCUT2D eigenvalue weighted by Crippen LogP contribution is -2.51. The number of aromatic nitrogens is 4. The maximum atomic E-state index is 6.14. The van der Waals surface area contributed by atoms with Gasteiger partial charge in [-0.1, -0.05) is 32.6 Å². The van der Waals surface area contributed by atoms with Crippen LogP contribution in [0.2, 0.25) is 0 Å². The van der Waals surface area contributed by atoms with Crippen LogP contribution in [0.1, 0.15) is 51.9 Å². The van der Waals surface area contributed by atoms with Crippen LogP contribution in [0.4, 0.5) is 5.82 Å². The van der Waals surface area contributed by atoms with Gasteiger partial charge in [0, 0.05) is 45.3 Å². The summed E-state index contributed by atoms with van der Waals surface area (Å²) in [4.78, 5) is 18.6. The summed E-state index contributed by atoms with van der Waals surface area (Å²) in [6.45, 7) is 8.91. The first-order chi connectivity index (χ1) is 15.2. The first kappa shape index (κ1) is 22.1. The Morgan fingerprint density at radius 2 is 1.77 bits per heavy atom. The van der Waals surface area contributed by atoms with E-state index in [0.717, 1.165) is 58.2 Å². The zero-order valence-corrected chi connectivity index (χ0v) is 19.1. The molecule has 2 N–H and O–H groups in total. The summed E-state index contributed by atoms with van der Waals surface area (Å²) in [6, 6.07) is 1.63. The highest BCUT2D eigenvalue weighted by Gasteiger charge is 2.25. The molecule has 1 aliphatic carbocycles. The second-order valence-corrected chi connectivity index (χ2v) is 8.69. The van der Waals surface area contributed by atoms with E-state index >= 15 is 0 Å². The number of anilines is 1. The molecule has 2 aliphatic rings. The number of nitrogens with zero attached hydrogens (tertiary/aromatic N) is 6. The van der Waals surface area contributed by atoms with Crippen LogP contribution >= 0.6 is 0 Å². The number of methoxy groups -OCH3 is 1. The van der Waals surface area contributed by atoms with Gasteiger partial charge < -0.3 is 15.2 Å². The Bertz CT molecular complexity index is 842. The Labute approximate surface area is 184 Å². The van der Waals surface area contributed by atoms with Gasteiger partial charge >= 0.3 is 6.01 Å². The van der Waals surface area contributed by atoms with Gasteiger partial charge in [-0.3, -0.25) is 14.4 Å². The van der Waals surface area contributed by atoms with Crippen LogP contribution in [0.3, 0.4) is 0 Å². The Balaban J connectivity index is 1.40. The fourth-order valence-corrected chi connectivity index (χ4v) is 4.75. The third kappa shape index (κ3) is 5.20. The van der Waals surface area contributed by atoms with E-state index in [-0.39, 0.29) is 0 Å². The van der Waals surface area contributed by atoms with Crippen molar-refractivity contribution >= 4 is 17.0 Å². The minimum Gasteiger partial charge on any atom is -0.468 e. The van der Waals surface area contributed by atoms with Gasteiger partial charge in [0.05, 0.1) is 13.7 Å². The molecule has 0 bridgehead atoms. The molecule has 0 amide bonds. The van der Waals surface area contributed by atoms with Crippen molar-refractivity contribution in [2.45, 2.75) is 64.5 Å². The van der Waals surface area contributed by atoms with Crippen LogP contribution in [0.25, 0.3) is 11.2 Å². The summed E-state index contributed by atoms with van der Waals surface area (Å²) in [7, 11) is 1.63. The molecule has 2 aromatic rings. The van der Waals surface area contributed by atoms with E-state index in [1.165, 1.54) is 32.1 Å². The van der Waals surface area contributed by atoms with E-state index in [4.69, 9.17) is 15.2 Å². The van der Waals surface area contributed by atoms with Gasteiger partial charge in [0.15, 0.2) is 17.0 Å². The van der Waals surface area contributed by atoms with Crippen molar-refractivity contribution in [1.82, 2.24) is 29.3 Å². The van der Waals surface area contributed by atoms with E-state index < -0.39 is 0 Å². The number of imidazole rings is 1. The van der Waals surface area contributed by atoms with Gasteiger partial charge in [-0.05, 0) is 19.3 Å². The molecule has 3 heterocycles. The molecule has 9 nitrogen and oxygen atoms in total. The number of hydrogen-bond donors (Lipinski definition) is 1. The summed E-state index contributed by atoms with van der Waals surface area (Å²) in [5.41, 5.74) is 7.39. The fraction of sp³-hybridized carbons (Fsp3) is 0.773. The number of hydrogen-bond acceptors (Lipinski definition) is 8. The quantitative estimate of drug-likeness (QED) is 0.606. The summed E-state index contributed by atoms with van der Waals surface area (Å²) < 4.78 is 13.2. The Hall–Kier alpha value is -2.13. The second kappa shape index (κ2) is 10.5. The third-order valence-electron chi connectivity index (χ3n) is 6.62.